The highest BCUT2D eigenvalue weighted by Gasteiger charge is 2.13. The maximum Gasteiger partial charge on any atom is 0.240 e. The number of nitrogens with one attached hydrogen (secondary N) is 2. The first kappa shape index (κ1) is 20.7. The van der Waals surface area contributed by atoms with Crippen LogP contribution in [0, 0.1) is 0 Å². The summed E-state index contributed by atoms with van der Waals surface area (Å²) in [6.07, 6.45) is 0.357. The number of hydrogen-bond acceptors (Lipinski definition) is 5. The molecule has 0 fully saturated rings. The standard InChI is InChI=1S/C19H24N2O5S/c1-3-19(22)21-15-5-11-18(12-6-15)27(23,24)20-13-14-26-17-9-7-16(8-10-17)25-4-2/h5-12,20H,3-4,13-14H2,1-2H3,(H,21,22). The van der Waals surface area contributed by atoms with Gasteiger partial charge in [-0.15, -0.1) is 0 Å². The molecule has 0 aliphatic rings. The molecule has 2 aromatic rings. The molecule has 0 aliphatic carbocycles. The summed E-state index contributed by atoms with van der Waals surface area (Å²) < 4.78 is 37.9. The molecular formula is C19H24N2O5S. The minimum atomic E-state index is -3.64. The minimum Gasteiger partial charge on any atom is -0.494 e. The Bertz CT molecular complexity index is 833. The average molecular weight is 392 g/mol. The van der Waals surface area contributed by atoms with Crippen LogP contribution in [0.1, 0.15) is 20.3 Å². The summed E-state index contributed by atoms with van der Waals surface area (Å²) >= 11 is 0. The molecular weight excluding hydrogens is 368 g/mol. The Labute approximate surface area is 159 Å². The van der Waals surface area contributed by atoms with Crippen molar-refractivity contribution < 1.29 is 22.7 Å². The largest absolute Gasteiger partial charge is 0.494 e. The topological polar surface area (TPSA) is 93.7 Å². The van der Waals surface area contributed by atoms with Crippen molar-refractivity contribution in [2.75, 3.05) is 25.1 Å². The molecule has 0 aromatic heterocycles. The van der Waals surface area contributed by atoms with Gasteiger partial charge in [0.1, 0.15) is 18.1 Å². The van der Waals surface area contributed by atoms with Crippen molar-refractivity contribution in [3.05, 3.63) is 48.5 Å². The van der Waals surface area contributed by atoms with E-state index in [9.17, 15) is 13.2 Å². The zero-order chi connectivity index (χ0) is 19.7. The lowest BCUT2D eigenvalue weighted by molar-refractivity contribution is -0.115. The van der Waals surface area contributed by atoms with Crippen LogP contribution in [-0.2, 0) is 14.8 Å². The van der Waals surface area contributed by atoms with Crippen LogP contribution in [-0.4, -0.2) is 34.1 Å². The molecule has 0 atom stereocenters. The molecule has 7 nitrogen and oxygen atoms in total. The molecule has 2 rings (SSSR count). The van der Waals surface area contributed by atoms with Crippen LogP contribution in [0.2, 0.25) is 0 Å². The second-order valence-electron chi connectivity index (χ2n) is 5.58. The van der Waals surface area contributed by atoms with Gasteiger partial charge >= 0.3 is 0 Å². The van der Waals surface area contributed by atoms with E-state index in [1.807, 2.05) is 6.92 Å². The molecule has 0 saturated carbocycles. The quantitative estimate of drug-likeness (QED) is 0.607. The Morgan fingerprint density at radius 1 is 0.926 bits per heavy atom. The van der Waals surface area contributed by atoms with E-state index in [0.29, 0.717) is 24.5 Å². The number of amides is 1. The number of ether oxygens (including phenoxy) is 2. The second kappa shape index (κ2) is 9.94. The maximum atomic E-state index is 12.3. The summed E-state index contributed by atoms with van der Waals surface area (Å²) in [5.41, 5.74) is 0.555. The van der Waals surface area contributed by atoms with Gasteiger partial charge in [0.15, 0.2) is 0 Å². The van der Waals surface area contributed by atoms with Gasteiger partial charge < -0.3 is 14.8 Å². The lowest BCUT2D eigenvalue weighted by atomic mass is 10.3. The molecule has 0 saturated heterocycles. The summed E-state index contributed by atoms with van der Waals surface area (Å²) in [5, 5.41) is 2.67. The average Bonchev–Trinajstić information content (AvgIpc) is 2.67. The van der Waals surface area contributed by atoms with Crippen molar-refractivity contribution in [1.82, 2.24) is 4.72 Å². The Morgan fingerprint density at radius 2 is 1.52 bits per heavy atom. The van der Waals surface area contributed by atoms with Gasteiger partial charge in [-0.2, -0.15) is 0 Å². The van der Waals surface area contributed by atoms with Gasteiger partial charge in [-0.05, 0) is 55.5 Å². The van der Waals surface area contributed by atoms with E-state index in [1.54, 1.807) is 43.3 Å². The summed E-state index contributed by atoms with van der Waals surface area (Å²) in [6, 6.07) is 13.1. The zero-order valence-corrected chi connectivity index (χ0v) is 16.2. The van der Waals surface area contributed by atoms with Crippen LogP contribution < -0.4 is 19.5 Å². The third kappa shape index (κ3) is 6.58. The van der Waals surface area contributed by atoms with Crippen LogP contribution in [0.5, 0.6) is 11.5 Å². The highest BCUT2D eigenvalue weighted by Crippen LogP contribution is 2.17. The lowest BCUT2D eigenvalue weighted by Gasteiger charge is -2.10. The van der Waals surface area contributed by atoms with Gasteiger partial charge in [-0.3, -0.25) is 4.79 Å². The zero-order valence-electron chi connectivity index (χ0n) is 15.4. The summed E-state index contributed by atoms with van der Waals surface area (Å²) in [4.78, 5) is 11.5. The van der Waals surface area contributed by atoms with E-state index in [2.05, 4.69) is 10.0 Å². The number of hydrogen-bond donors (Lipinski definition) is 2. The normalized spacial score (nSPS) is 11.0. The Morgan fingerprint density at radius 3 is 2.07 bits per heavy atom. The number of carbonyl (C=O) groups is 1. The first-order valence-electron chi connectivity index (χ1n) is 8.70. The van der Waals surface area contributed by atoms with Crippen LogP contribution >= 0.6 is 0 Å². The van der Waals surface area contributed by atoms with Crippen molar-refractivity contribution >= 4 is 21.6 Å². The maximum absolute atomic E-state index is 12.3. The van der Waals surface area contributed by atoms with Crippen molar-refractivity contribution in [2.24, 2.45) is 0 Å². The Hall–Kier alpha value is -2.58. The molecule has 0 bridgehead atoms. The van der Waals surface area contributed by atoms with Crippen molar-refractivity contribution in [3.8, 4) is 11.5 Å². The second-order valence-corrected chi connectivity index (χ2v) is 7.34. The molecule has 0 radical (unpaired) electrons. The van der Waals surface area contributed by atoms with Crippen molar-refractivity contribution in [2.45, 2.75) is 25.2 Å². The van der Waals surface area contributed by atoms with E-state index in [0.717, 1.165) is 5.75 Å². The first-order chi connectivity index (χ1) is 12.9. The van der Waals surface area contributed by atoms with Gasteiger partial charge in [0, 0.05) is 18.7 Å². The van der Waals surface area contributed by atoms with E-state index in [-0.39, 0.29) is 24.0 Å². The molecule has 1 amide bonds. The molecule has 0 unspecified atom stereocenters. The molecule has 2 aromatic carbocycles. The van der Waals surface area contributed by atoms with E-state index in [4.69, 9.17) is 9.47 Å². The number of anilines is 1. The number of sulfonamides is 1. The Balaban J connectivity index is 1.82. The molecule has 0 spiro atoms. The SMILES string of the molecule is CCOc1ccc(OCCNS(=O)(=O)c2ccc(NC(=O)CC)cc2)cc1. The third-order valence-corrected chi connectivity index (χ3v) is 5.04. The summed E-state index contributed by atoms with van der Waals surface area (Å²) in [7, 11) is -3.64. The lowest BCUT2D eigenvalue weighted by Crippen LogP contribution is -2.28. The highest BCUT2D eigenvalue weighted by molar-refractivity contribution is 7.89. The van der Waals surface area contributed by atoms with Crippen LogP contribution in [0.25, 0.3) is 0 Å². The van der Waals surface area contributed by atoms with Gasteiger partial charge in [-0.25, -0.2) is 13.1 Å². The van der Waals surface area contributed by atoms with Crippen LogP contribution in [0.3, 0.4) is 0 Å². The Kier molecular flexibility index (Phi) is 7.63. The van der Waals surface area contributed by atoms with Gasteiger partial charge in [0.05, 0.1) is 11.5 Å². The molecule has 27 heavy (non-hydrogen) atoms. The number of rotatable bonds is 10. The summed E-state index contributed by atoms with van der Waals surface area (Å²) in [6.45, 7) is 4.56. The van der Waals surface area contributed by atoms with Gasteiger partial charge in [-0.1, -0.05) is 6.92 Å². The molecule has 8 heteroatoms. The van der Waals surface area contributed by atoms with Gasteiger partial charge in [0.25, 0.3) is 0 Å². The number of benzene rings is 2. The van der Waals surface area contributed by atoms with Crippen LogP contribution in [0.15, 0.2) is 53.4 Å². The molecule has 0 aliphatic heterocycles. The number of carbonyl (C=O) groups excluding carboxylic acids is 1. The minimum absolute atomic E-state index is 0.123. The van der Waals surface area contributed by atoms with Crippen LogP contribution in [0.4, 0.5) is 5.69 Å². The molecule has 2 N–H and O–H groups in total. The summed E-state index contributed by atoms with van der Waals surface area (Å²) in [5.74, 6) is 1.26. The predicted molar refractivity (Wildman–Crippen MR) is 104 cm³/mol. The fourth-order valence-electron chi connectivity index (χ4n) is 2.19. The molecule has 146 valence electrons. The fourth-order valence-corrected chi connectivity index (χ4v) is 3.21. The molecule has 0 heterocycles. The van der Waals surface area contributed by atoms with Crippen molar-refractivity contribution in [1.29, 1.82) is 0 Å². The monoisotopic (exact) mass is 392 g/mol. The fraction of sp³-hybridized carbons (Fsp3) is 0.316. The van der Waals surface area contributed by atoms with E-state index in [1.165, 1.54) is 12.1 Å². The van der Waals surface area contributed by atoms with Crippen molar-refractivity contribution in [3.63, 3.8) is 0 Å². The predicted octanol–water partition coefficient (Wildman–Crippen LogP) is 2.79. The van der Waals surface area contributed by atoms with E-state index < -0.39 is 10.0 Å². The first-order valence-corrected chi connectivity index (χ1v) is 10.2. The van der Waals surface area contributed by atoms with Gasteiger partial charge in [0.2, 0.25) is 15.9 Å². The third-order valence-electron chi connectivity index (χ3n) is 3.57. The highest BCUT2D eigenvalue weighted by atomic mass is 32.2. The smallest absolute Gasteiger partial charge is 0.240 e. The van der Waals surface area contributed by atoms with E-state index >= 15 is 0 Å².